The van der Waals surface area contributed by atoms with Crippen LogP contribution in [-0.2, 0) is 6.42 Å². The largest absolute Gasteiger partial charge is 0.0760 e. The number of benzene rings is 3. The fraction of sp³-hybridized carbons (Fsp3) is 0.100. The zero-order valence-electron chi connectivity index (χ0n) is 11.3. The van der Waals surface area contributed by atoms with Crippen molar-refractivity contribution in [2.24, 2.45) is 0 Å². The molecule has 1 unspecified atom stereocenters. The molecular formula is C20H16. The summed E-state index contributed by atoms with van der Waals surface area (Å²) in [7, 11) is 0. The third kappa shape index (κ3) is 1.85. The molecule has 0 fully saturated rings. The number of hydrogen-bond acceptors (Lipinski definition) is 0. The van der Waals surface area contributed by atoms with Gasteiger partial charge in [0, 0.05) is 5.92 Å². The normalized spacial score (nSPS) is 16.5. The zero-order valence-corrected chi connectivity index (χ0v) is 11.3. The predicted octanol–water partition coefficient (Wildman–Crippen LogP) is 5.19. The molecule has 4 rings (SSSR count). The molecule has 0 bridgehead atoms. The molecule has 3 aromatic carbocycles. The van der Waals surface area contributed by atoms with Gasteiger partial charge in [0.25, 0.3) is 0 Å². The molecule has 0 N–H and O–H groups in total. The van der Waals surface area contributed by atoms with Crippen molar-refractivity contribution in [1.29, 1.82) is 0 Å². The fourth-order valence-electron chi connectivity index (χ4n) is 3.21. The first-order chi connectivity index (χ1) is 9.92. The summed E-state index contributed by atoms with van der Waals surface area (Å²) in [5.74, 6) is 0.511. The molecule has 1 aliphatic carbocycles. The summed E-state index contributed by atoms with van der Waals surface area (Å²) in [4.78, 5) is 0. The highest BCUT2D eigenvalue weighted by atomic mass is 14.2. The summed E-state index contributed by atoms with van der Waals surface area (Å²) >= 11 is 0. The van der Waals surface area contributed by atoms with Crippen LogP contribution in [0, 0.1) is 0 Å². The molecule has 0 heterocycles. The lowest BCUT2D eigenvalue weighted by Crippen LogP contribution is -1.98. The van der Waals surface area contributed by atoms with E-state index in [0.717, 1.165) is 6.42 Å². The predicted molar refractivity (Wildman–Crippen MR) is 85.9 cm³/mol. The van der Waals surface area contributed by atoms with E-state index in [1.807, 2.05) is 0 Å². The summed E-state index contributed by atoms with van der Waals surface area (Å²) in [6, 6.07) is 24.0. The van der Waals surface area contributed by atoms with Gasteiger partial charge in [-0.05, 0) is 33.9 Å². The number of hydrogen-bond donors (Lipinski definition) is 0. The van der Waals surface area contributed by atoms with Gasteiger partial charge in [-0.2, -0.15) is 0 Å². The van der Waals surface area contributed by atoms with Crippen molar-refractivity contribution in [1.82, 2.24) is 0 Å². The minimum Gasteiger partial charge on any atom is -0.0760 e. The minimum absolute atomic E-state index is 0.511. The van der Waals surface area contributed by atoms with Crippen molar-refractivity contribution in [2.75, 3.05) is 0 Å². The first-order valence-corrected chi connectivity index (χ1v) is 7.15. The Balaban J connectivity index is 1.75. The molecule has 0 nitrogen and oxygen atoms in total. The molecule has 0 radical (unpaired) electrons. The lowest BCUT2D eigenvalue weighted by atomic mass is 9.91. The third-order valence-electron chi connectivity index (χ3n) is 4.22. The molecule has 3 aromatic rings. The SMILES string of the molecule is C1=CC(Cc2cccc3ccccc23)c2ccccc21. The Bertz CT molecular complexity index is 791. The van der Waals surface area contributed by atoms with Crippen LogP contribution in [0.2, 0.25) is 0 Å². The first kappa shape index (κ1) is 11.5. The lowest BCUT2D eigenvalue weighted by Gasteiger charge is -2.13. The van der Waals surface area contributed by atoms with E-state index in [1.165, 1.54) is 27.5 Å². The van der Waals surface area contributed by atoms with Crippen molar-refractivity contribution in [3.63, 3.8) is 0 Å². The van der Waals surface area contributed by atoms with Crippen molar-refractivity contribution in [2.45, 2.75) is 12.3 Å². The quantitative estimate of drug-likeness (QED) is 0.591. The van der Waals surface area contributed by atoms with E-state index in [2.05, 4.69) is 78.9 Å². The molecule has 0 heteroatoms. The third-order valence-corrected chi connectivity index (χ3v) is 4.22. The highest BCUT2D eigenvalue weighted by molar-refractivity contribution is 5.85. The van der Waals surface area contributed by atoms with Gasteiger partial charge in [-0.25, -0.2) is 0 Å². The lowest BCUT2D eigenvalue weighted by molar-refractivity contribution is 0.856. The number of fused-ring (bicyclic) bond motifs is 2. The van der Waals surface area contributed by atoms with Crippen LogP contribution in [0.5, 0.6) is 0 Å². The Kier molecular flexibility index (Phi) is 2.67. The maximum Gasteiger partial charge on any atom is 0.00678 e. The zero-order chi connectivity index (χ0) is 13.4. The van der Waals surface area contributed by atoms with Crippen LogP contribution >= 0.6 is 0 Å². The number of allylic oxidation sites excluding steroid dienone is 1. The van der Waals surface area contributed by atoms with Gasteiger partial charge in [0.2, 0.25) is 0 Å². The Morgan fingerprint density at radius 3 is 2.55 bits per heavy atom. The second-order valence-corrected chi connectivity index (χ2v) is 5.44. The molecule has 0 saturated carbocycles. The Morgan fingerprint density at radius 1 is 0.750 bits per heavy atom. The van der Waals surface area contributed by atoms with Gasteiger partial charge in [-0.1, -0.05) is 78.9 Å². The van der Waals surface area contributed by atoms with E-state index in [0.29, 0.717) is 5.92 Å². The van der Waals surface area contributed by atoms with E-state index in [4.69, 9.17) is 0 Å². The summed E-state index contributed by atoms with van der Waals surface area (Å²) in [6.45, 7) is 0. The van der Waals surface area contributed by atoms with E-state index in [-0.39, 0.29) is 0 Å². The van der Waals surface area contributed by atoms with Gasteiger partial charge in [-0.15, -0.1) is 0 Å². The molecule has 0 saturated heterocycles. The molecule has 1 aliphatic rings. The van der Waals surface area contributed by atoms with E-state index in [1.54, 1.807) is 0 Å². The second kappa shape index (κ2) is 4.64. The average Bonchev–Trinajstić information content (AvgIpc) is 2.91. The van der Waals surface area contributed by atoms with Gasteiger partial charge in [0.1, 0.15) is 0 Å². The Morgan fingerprint density at radius 2 is 1.55 bits per heavy atom. The van der Waals surface area contributed by atoms with Gasteiger partial charge >= 0.3 is 0 Å². The average molecular weight is 256 g/mol. The molecular weight excluding hydrogens is 240 g/mol. The maximum absolute atomic E-state index is 2.34. The van der Waals surface area contributed by atoms with Crippen LogP contribution in [0.15, 0.2) is 72.8 Å². The Hall–Kier alpha value is -2.34. The smallest absolute Gasteiger partial charge is 0.00678 e. The minimum atomic E-state index is 0.511. The van der Waals surface area contributed by atoms with E-state index >= 15 is 0 Å². The molecule has 0 aliphatic heterocycles. The van der Waals surface area contributed by atoms with Crippen molar-refractivity contribution < 1.29 is 0 Å². The highest BCUT2D eigenvalue weighted by Gasteiger charge is 2.17. The first-order valence-electron chi connectivity index (χ1n) is 7.15. The molecule has 0 spiro atoms. The molecule has 20 heavy (non-hydrogen) atoms. The van der Waals surface area contributed by atoms with Crippen LogP contribution in [0.25, 0.3) is 16.8 Å². The van der Waals surface area contributed by atoms with Crippen LogP contribution < -0.4 is 0 Å². The molecule has 0 amide bonds. The van der Waals surface area contributed by atoms with Crippen molar-refractivity contribution in [3.05, 3.63) is 89.5 Å². The summed E-state index contributed by atoms with van der Waals surface area (Å²) in [6.07, 6.45) is 5.67. The molecule has 96 valence electrons. The molecule has 0 aromatic heterocycles. The molecule has 1 atom stereocenters. The van der Waals surface area contributed by atoms with E-state index < -0.39 is 0 Å². The summed E-state index contributed by atoms with van der Waals surface area (Å²) in [5.41, 5.74) is 4.27. The monoisotopic (exact) mass is 256 g/mol. The van der Waals surface area contributed by atoms with Crippen LogP contribution in [0.3, 0.4) is 0 Å². The second-order valence-electron chi connectivity index (χ2n) is 5.44. The van der Waals surface area contributed by atoms with E-state index in [9.17, 15) is 0 Å². The van der Waals surface area contributed by atoms with Gasteiger partial charge in [0.15, 0.2) is 0 Å². The topological polar surface area (TPSA) is 0 Å². The van der Waals surface area contributed by atoms with Crippen LogP contribution in [-0.4, -0.2) is 0 Å². The fourth-order valence-corrected chi connectivity index (χ4v) is 3.21. The van der Waals surface area contributed by atoms with Crippen LogP contribution in [0.4, 0.5) is 0 Å². The van der Waals surface area contributed by atoms with Gasteiger partial charge < -0.3 is 0 Å². The standard InChI is InChI=1S/C20H16/c1-3-10-19-15(6-1)8-5-9-17(19)14-18-13-12-16-7-2-4-11-20(16)18/h1-13,18H,14H2. The van der Waals surface area contributed by atoms with Crippen molar-refractivity contribution >= 4 is 16.8 Å². The van der Waals surface area contributed by atoms with Gasteiger partial charge in [0.05, 0.1) is 0 Å². The summed E-state index contributed by atoms with van der Waals surface area (Å²) < 4.78 is 0. The number of rotatable bonds is 2. The van der Waals surface area contributed by atoms with Crippen LogP contribution in [0.1, 0.15) is 22.6 Å². The highest BCUT2D eigenvalue weighted by Crippen LogP contribution is 2.34. The Labute approximate surface area is 119 Å². The van der Waals surface area contributed by atoms with Crippen molar-refractivity contribution in [3.8, 4) is 0 Å². The maximum atomic E-state index is 2.34. The summed E-state index contributed by atoms with van der Waals surface area (Å²) in [5, 5.41) is 2.72. The van der Waals surface area contributed by atoms with Gasteiger partial charge in [-0.3, -0.25) is 0 Å².